The molecule has 0 N–H and O–H groups in total. The maximum Gasteiger partial charge on any atom is 0.341 e. The van der Waals surface area contributed by atoms with E-state index < -0.39 is 0 Å². The van der Waals surface area contributed by atoms with Crippen LogP contribution >= 0.6 is 24.3 Å². The highest BCUT2D eigenvalue weighted by atomic mass is 32.2. The fourth-order valence-electron chi connectivity index (χ4n) is 6.14. The molecule has 2 saturated heterocycles. The molecule has 0 amide bonds. The highest BCUT2D eigenvalue weighted by Gasteiger charge is 2.88. The summed E-state index contributed by atoms with van der Waals surface area (Å²) in [4.78, 5) is 0. The van der Waals surface area contributed by atoms with Crippen molar-refractivity contribution in [2.24, 2.45) is 0 Å². The second kappa shape index (κ2) is 5.79. The molecule has 2 rings (SSSR count). The Kier molecular flexibility index (Phi) is 5.07. The van der Waals surface area contributed by atoms with Gasteiger partial charge in [-0.3, -0.25) is 0 Å². The van der Waals surface area contributed by atoms with E-state index >= 15 is 0 Å². The summed E-state index contributed by atoms with van der Waals surface area (Å²) in [6, 6.07) is 0. The Morgan fingerprint density at radius 1 is 0.600 bits per heavy atom. The average molecular weight is 391 g/mol. The van der Waals surface area contributed by atoms with Gasteiger partial charge in [0.2, 0.25) is 0 Å². The van der Waals surface area contributed by atoms with Crippen LogP contribution in [0.3, 0.4) is 0 Å². The molecule has 2 aliphatic rings. The monoisotopic (exact) mass is 390 g/mol. The van der Waals surface area contributed by atoms with E-state index in [0.29, 0.717) is 22.2 Å². The van der Waals surface area contributed by atoms with E-state index in [4.69, 9.17) is 0 Å². The van der Waals surface area contributed by atoms with Gasteiger partial charge in [-0.1, -0.05) is 27.7 Å². The molecule has 0 bridgehead atoms. The van der Waals surface area contributed by atoms with Crippen LogP contribution in [0.1, 0.15) is 81.1 Å². The van der Waals surface area contributed by atoms with Crippen LogP contribution in [0, 0.1) is 0 Å². The Hall–Kier alpha value is 0.580. The van der Waals surface area contributed by atoms with Gasteiger partial charge in [0.15, 0.2) is 22.2 Å². The highest BCUT2D eigenvalue weighted by molar-refractivity contribution is 8.01. The van der Waals surface area contributed by atoms with Crippen LogP contribution in [0.4, 0.5) is 0 Å². The zero-order valence-corrected chi connectivity index (χ0v) is 20.6. The minimum Gasteiger partial charge on any atom is -0.192 e. The van der Waals surface area contributed by atoms with Crippen LogP contribution in [0.25, 0.3) is 0 Å². The fourth-order valence-corrected chi connectivity index (χ4v) is 10.6. The standard InChI is InChI=1S/C20H44N3S2/c1-13-17(5)18(6,14-2)22(17,11)24-21(9,10)25-23(12)19(7,15-3)20(23,8)16-4/h13-16H2,1-12H3/q+3. The zero-order chi connectivity index (χ0) is 19.7. The molecule has 5 heteroatoms. The van der Waals surface area contributed by atoms with Crippen molar-refractivity contribution < 1.29 is 11.1 Å². The van der Waals surface area contributed by atoms with Crippen molar-refractivity contribution in [1.29, 1.82) is 0 Å². The molecule has 148 valence electrons. The molecule has 3 nitrogen and oxygen atoms in total. The van der Waals surface area contributed by atoms with Gasteiger partial charge < -0.3 is 0 Å². The van der Waals surface area contributed by atoms with Crippen LogP contribution in [-0.4, -0.2) is 61.4 Å². The summed E-state index contributed by atoms with van der Waals surface area (Å²) in [5.74, 6) is 0. The molecule has 2 heterocycles. The number of rotatable bonds is 8. The van der Waals surface area contributed by atoms with Crippen LogP contribution in [-0.2, 0) is 0 Å². The van der Waals surface area contributed by atoms with Gasteiger partial charge in [0.05, 0.1) is 28.2 Å². The molecular formula is C20H44N3S2+3. The Morgan fingerprint density at radius 3 is 0.960 bits per heavy atom. The van der Waals surface area contributed by atoms with Gasteiger partial charge in [-0.05, 0) is 27.7 Å². The summed E-state index contributed by atoms with van der Waals surface area (Å²) < 4.78 is 3.20. The first-order valence-electron chi connectivity index (χ1n) is 10.2. The number of likely N-dealkylation sites (N-methyl/N-ethyl adjacent to an activating group) is 2. The normalized spacial score (nSPS) is 52.3. The zero-order valence-electron chi connectivity index (χ0n) is 19.0. The lowest BCUT2D eigenvalue weighted by Gasteiger charge is -2.29. The third-order valence-corrected chi connectivity index (χ3v) is 12.9. The lowest BCUT2D eigenvalue weighted by atomic mass is 9.92. The molecule has 0 aliphatic carbocycles. The Balaban J connectivity index is 2.25. The van der Waals surface area contributed by atoms with Crippen LogP contribution in [0.2, 0.25) is 0 Å². The first kappa shape index (κ1) is 21.9. The number of quaternary nitrogens is 3. The highest BCUT2D eigenvalue weighted by Crippen LogP contribution is 2.72. The molecule has 0 aromatic rings. The van der Waals surface area contributed by atoms with Gasteiger partial charge in [-0.2, -0.15) is 7.78 Å². The number of hydrogen-bond acceptors (Lipinski definition) is 2. The lowest BCUT2D eigenvalue weighted by Crippen LogP contribution is -2.40. The largest absolute Gasteiger partial charge is 0.341 e. The molecule has 0 spiro atoms. The van der Waals surface area contributed by atoms with E-state index in [9.17, 15) is 0 Å². The Bertz CT molecular complexity index is 473. The fraction of sp³-hybridized carbons (Fsp3) is 1.00. The van der Waals surface area contributed by atoms with Crippen molar-refractivity contribution in [3.05, 3.63) is 0 Å². The molecular weight excluding hydrogens is 346 g/mol. The van der Waals surface area contributed by atoms with E-state index in [-0.39, 0.29) is 0 Å². The predicted octanol–water partition coefficient (Wildman–Crippen LogP) is 5.78. The molecule has 25 heavy (non-hydrogen) atoms. The third-order valence-electron chi connectivity index (χ3n) is 9.46. The molecule has 0 aromatic heterocycles. The molecule has 2 fully saturated rings. The van der Waals surface area contributed by atoms with E-state index in [2.05, 4.69) is 108 Å². The lowest BCUT2D eigenvalue weighted by molar-refractivity contribution is -0.779. The van der Waals surface area contributed by atoms with E-state index in [1.807, 2.05) is 0 Å². The summed E-state index contributed by atoms with van der Waals surface area (Å²) in [5.41, 5.74) is 1.51. The Morgan fingerprint density at radius 2 is 0.800 bits per heavy atom. The first-order chi connectivity index (χ1) is 11.2. The third kappa shape index (κ3) is 2.25. The van der Waals surface area contributed by atoms with E-state index in [1.54, 1.807) is 0 Å². The van der Waals surface area contributed by atoms with Crippen molar-refractivity contribution in [2.45, 2.75) is 103 Å². The van der Waals surface area contributed by atoms with Gasteiger partial charge in [0, 0.05) is 25.7 Å². The Labute approximate surface area is 166 Å². The van der Waals surface area contributed by atoms with Crippen molar-refractivity contribution >= 4 is 24.3 Å². The minimum absolute atomic E-state index is 0.377. The number of hydrogen-bond donors (Lipinski definition) is 0. The van der Waals surface area contributed by atoms with Gasteiger partial charge in [0.25, 0.3) is 0 Å². The van der Waals surface area contributed by atoms with Crippen molar-refractivity contribution in [1.82, 2.24) is 0 Å². The average Bonchev–Trinajstić information content (AvgIpc) is 3.10. The smallest absolute Gasteiger partial charge is 0.192 e. The minimum atomic E-state index is 0.377. The van der Waals surface area contributed by atoms with Crippen LogP contribution < -0.4 is 0 Å². The molecule has 0 aromatic carbocycles. The van der Waals surface area contributed by atoms with Gasteiger partial charge >= 0.3 is 24.3 Å². The maximum atomic E-state index is 2.49. The van der Waals surface area contributed by atoms with Gasteiger partial charge in [-0.25, -0.2) is 0 Å². The SMILES string of the molecule is CCC1(C)C(C)(CC)[N+]1(C)S[N+](C)(C)S[N+]1(C)C(C)(CC)C1(C)CC. The van der Waals surface area contributed by atoms with E-state index in [0.717, 1.165) is 11.1 Å². The molecule has 4 atom stereocenters. The summed E-state index contributed by atoms with van der Waals surface area (Å²) >= 11 is 4.29. The second-order valence-electron chi connectivity index (χ2n) is 9.77. The topological polar surface area (TPSA) is 0 Å². The van der Waals surface area contributed by atoms with Gasteiger partial charge in [0.1, 0.15) is 0 Å². The predicted molar refractivity (Wildman–Crippen MR) is 114 cm³/mol. The van der Waals surface area contributed by atoms with Crippen LogP contribution in [0.5, 0.6) is 0 Å². The molecule has 2 aliphatic heterocycles. The van der Waals surface area contributed by atoms with Crippen molar-refractivity contribution in [3.8, 4) is 0 Å². The molecule has 0 radical (unpaired) electrons. The van der Waals surface area contributed by atoms with Crippen molar-refractivity contribution in [2.75, 3.05) is 28.2 Å². The summed E-state index contributed by atoms with van der Waals surface area (Å²) in [7, 11) is 9.74. The first-order valence-corrected chi connectivity index (χ1v) is 11.6. The number of nitrogens with zero attached hydrogens (tertiary/aromatic N) is 3. The quantitative estimate of drug-likeness (QED) is 0.292. The van der Waals surface area contributed by atoms with Crippen molar-refractivity contribution in [3.63, 3.8) is 0 Å². The summed E-state index contributed by atoms with van der Waals surface area (Å²) in [6.45, 7) is 19.4. The van der Waals surface area contributed by atoms with Crippen LogP contribution in [0.15, 0.2) is 0 Å². The maximum absolute atomic E-state index is 2.49. The van der Waals surface area contributed by atoms with Gasteiger partial charge in [-0.15, -0.1) is 3.29 Å². The summed E-state index contributed by atoms with van der Waals surface area (Å²) in [5, 5.41) is 0. The van der Waals surface area contributed by atoms with E-state index in [1.165, 1.54) is 25.7 Å². The summed E-state index contributed by atoms with van der Waals surface area (Å²) in [6.07, 6.45) is 4.99. The molecule has 0 saturated carbocycles. The second-order valence-corrected chi connectivity index (χ2v) is 13.6. The molecule has 4 unspecified atom stereocenters.